The molecule has 0 bridgehead atoms. The molecule has 180 valence electrons. The Morgan fingerprint density at radius 2 is 1.73 bits per heavy atom. The van der Waals surface area contributed by atoms with Crippen molar-refractivity contribution in [3.05, 3.63) is 59.7 Å². The molecular weight excluding hydrogens is 412 g/mol. The minimum absolute atomic E-state index is 0.338. The fraction of sp³-hybridized carbons (Fsp3) is 0.571. The number of benzene rings is 2. The molecule has 2 fully saturated rings. The summed E-state index contributed by atoms with van der Waals surface area (Å²) in [6.45, 7) is 5.60. The fourth-order valence-corrected chi connectivity index (χ4v) is 5.42. The summed E-state index contributed by atoms with van der Waals surface area (Å²) >= 11 is 0. The summed E-state index contributed by atoms with van der Waals surface area (Å²) in [5.74, 6) is 3.53. The van der Waals surface area contributed by atoms with Crippen molar-refractivity contribution in [1.29, 1.82) is 0 Å². The zero-order valence-corrected chi connectivity index (χ0v) is 20.0. The van der Waals surface area contributed by atoms with Crippen LogP contribution in [0.15, 0.2) is 48.5 Å². The Morgan fingerprint density at radius 3 is 2.52 bits per heavy atom. The molecule has 2 aliphatic rings. The smallest absolute Gasteiger partial charge is 0.122 e. The van der Waals surface area contributed by atoms with E-state index in [1.807, 2.05) is 24.3 Å². The molecule has 2 N–H and O–H groups in total. The van der Waals surface area contributed by atoms with E-state index in [0.29, 0.717) is 13.2 Å². The number of hydrogen-bond donors (Lipinski definition) is 2. The van der Waals surface area contributed by atoms with Crippen LogP contribution in [0.1, 0.15) is 36.8 Å². The van der Waals surface area contributed by atoms with Crippen LogP contribution in [0.5, 0.6) is 11.5 Å². The standard InChI is InChI=1S/C28H40N2O3/c1-32-27-7-4-5-22(19-27)9-10-25-6-2-3-8-28(25)33-21-26(31)20-30-17-13-24(14-18-30)23-11-15-29-16-12-23/h2-8,19,23-24,26,29,31H,9-18,20-21H2,1H3. The van der Waals surface area contributed by atoms with Crippen molar-refractivity contribution < 1.29 is 14.6 Å². The average Bonchev–Trinajstić information content (AvgIpc) is 2.88. The number of likely N-dealkylation sites (tertiary alicyclic amines) is 1. The minimum atomic E-state index is -0.466. The van der Waals surface area contributed by atoms with Crippen molar-refractivity contribution >= 4 is 0 Å². The molecule has 0 aliphatic carbocycles. The molecule has 2 saturated heterocycles. The summed E-state index contributed by atoms with van der Waals surface area (Å²) < 4.78 is 11.4. The maximum absolute atomic E-state index is 10.6. The number of methoxy groups -OCH3 is 1. The van der Waals surface area contributed by atoms with Gasteiger partial charge in [-0.25, -0.2) is 0 Å². The van der Waals surface area contributed by atoms with Crippen LogP contribution in [-0.2, 0) is 12.8 Å². The van der Waals surface area contributed by atoms with E-state index >= 15 is 0 Å². The van der Waals surface area contributed by atoms with E-state index < -0.39 is 6.10 Å². The number of piperidine rings is 2. The molecule has 2 aliphatic heterocycles. The highest BCUT2D eigenvalue weighted by Gasteiger charge is 2.28. The summed E-state index contributed by atoms with van der Waals surface area (Å²) in [7, 11) is 1.70. The molecule has 5 heteroatoms. The number of β-amino-alcohol motifs (C(OH)–C–C–N with tert-alkyl or cyclic N) is 1. The minimum Gasteiger partial charge on any atom is -0.497 e. The predicted octanol–water partition coefficient (Wildman–Crippen LogP) is 3.93. The summed E-state index contributed by atoms with van der Waals surface area (Å²) in [4.78, 5) is 2.42. The third kappa shape index (κ3) is 7.20. The second kappa shape index (κ2) is 12.4. The molecule has 4 rings (SSSR count). The highest BCUT2D eigenvalue weighted by atomic mass is 16.5. The Hall–Kier alpha value is -2.08. The lowest BCUT2D eigenvalue weighted by Gasteiger charge is -2.38. The van der Waals surface area contributed by atoms with E-state index in [9.17, 15) is 5.11 Å². The lowest BCUT2D eigenvalue weighted by Crippen LogP contribution is -2.43. The number of aliphatic hydroxyl groups excluding tert-OH is 1. The van der Waals surface area contributed by atoms with E-state index in [1.165, 1.54) is 49.9 Å². The van der Waals surface area contributed by atoms with Crippen LogP contribution in [-0.4, -0.2) is 62.6 Å². The highest BCUT2D eigenvalue weighted by molar-refractivity contribution is 5.35. The first-order valence-electron chi connectivity index (χ1n) is 12.7. The number of hydrogen-bond acceptors (Lipinski definition) is 5. The first-order valence-corrected chi connectivity index (χ1v) is 12.7. The Labute approximate surface area is 199 Å². The van der Waals surface area contributed by atoms with Gasteiger partial charge in [-0.3, -0.25) is 0 Å². The molecule has 0 aromatic heterocycles. The lowest BCUT2D eigenvalue weighted by molar-refractivity contribution is 0.0468. The van der Waals surface area contributed by atoms with Gasteiger partial charge in [-0.1, -0.05) is 30.3 Å². The van der Waals surface area contributed by atoms with E-state index in [1.54, 1.807) is 7.11 Å². The molecule has 2 aromatic rings. The third-order valence-corrected chi connectivity index (χ3v) is 7.37. The van der Waals surface area contributed by atoms with Gasteiger partial charge < -0.3 is 24.8 Å². The number of ether oxygens (including phenoxy) is 2. The third-order valence-electron chi connectivity index (χ3n) is 7.37. The number of aliphatic hydroxyl groups is 1. The highest BCUT2D eigenvalue weighted by Crippen LogP contribution is 2.30. The number of nitrogens with one attached hydrogen (secondary N) is 1. The van der Waals surface area contributed by atoms with Gasteiger partial charge in [0.2, 0.25) is 0 Å². The van der Waals surface area contributed by atoms with Crippen LogP contribution in [0.2, 0.25) is 0 Å². The lowest BCUT2D eigenvalue weighted by atomic mass is 9.79. The zero-order valence-electron chi connectivity index (χ0n) is 20.0. The Bertz CT molecular complexity index is 845. The predicted molar refractivity (Wildman–Crippen MR) is 133 cm³/mol. The molecule has 0 saturated carbocycles. The van der Waals surface area contributed by atoms with Gasteiger partial charge in [0.15, 0.2) is 0 Å². The van der Waals surface area contributed by atoms with E-state index in [0.717, 1.165) is 49.3 Å². The maximum atomic E-state index is 10.6. The van der Waals surface area contributed by atoms with Gasteiger partial charge in [0.05, 0.1) is 7.11 Å². The molecule has 2 aromatic carbocycles. The van der Waals surface area contributed by atoms with Gasteiger partial charge in [-0.15, -0.1) is 0 Å². The number of aryl methyl sites for hydroxylation is 2. The number of rotatable bonds is 10. The summed E-state index contributed by atoms with van der Waals surface area (Å²) in [6.07, 6.45) is 6.55. The quantitative estimate of drug-likeness (QED) is 0.572. The Kier molecular flexibility index (Phi) is 9.04. The second-order valence-corrected chi connectivity index (χ2v) is 9.65. The van der Waals surface area contributed by atoms with Gasteiger partial charge in [-0.05, 0) is 106 Å². The van der Waals surface area contributed by atoms with Crippen LogP contribution >= 0.6 is 0 Å². The van der Waals surface area contributed by atoms with Crippen LogP contribution < -0.4 is 14.8 Å². The first kappa shape index (κ1) is 24.1. The van der Waals surface area contributed by atoms with Gasteiger partial charge in [0, 0.05) is 6.54 Å². The zero-order chi connectivity index (χ0) is 22.9. The van der Waals surface area contributed by atoms with Gasteiger partial charge in [0.1, 0.15) is 24.2 Å². The van der Waals surface area contributed by atoms with Crippen molar-refractivity contribution in [3.63, 3.8) is 0 Å². The van der Waals surface area contributed by atoms with E-state index in [-0.39, 0.29) is 0 Å². The van der Waals surface area contributed by atoms with E-state index in [2.05, 4.69) is 34.5 Å². The molecule has 5 nitrogen and oxygen atoms in total. The fourth-order valence-electron chi connectivity index (χ4n) is 5.42. The molecule has 0 spiro atoms. The molecule has 2 heterocycles. The van der Waals surface area contributed by atoms with Crippen molar-refractivity contribution in [2.75, 3.05) is 46.4 Å². The summed E-state index contributed by atoms with van der Waals surface area (Å²) in [5, 5.41) is 14.1. The van der Waals surface area contributed by atoms with Gasteiger partial charge in [0.25, 0.3) is 0 Å². The topological polar surface area (TPSA) is 54.0 Å². The Balaban J connectivity index is 1.21. The van der Waals surface area contributed by atoms with Crippen molar-refractivity contribution in [2.45, 2.75) is 44.6 Å². The first-order chi connectivity index (χ1) is 16.2. The molecule has 1 unspecified atom stereocenters. The molecule has 1 atom stereocenters. The van der Waals surface area contributed by atoms with Crippen molar-refractivity contribution in [3.8, 4) is 11.5 Å². The Morgan fingerprint density at radius 1 is 0.970 bits per heavy atom. The summed E-state index contributed by atoms with van der Waals surface area (Å²) in [6, 6.07) is 16.4. The second-order valence-electron chi connectivity index (χ2n) is 9.65. The molecular formula is C28H40N2O3. The van der Waals surface area contributed by atoms with Crippen LogP contribution in [0.3, 0.4) is 0 Å². The van der Waals surface area contributed by atoms with Crippen LogP contribution in [0.25, 0.3) is 0 Å². The van der Waals surface area contributed by atoms with Crippen LogP contribution in [0.4, 0.5) is 0 Å². The number of para-hydroxylation sites is 1. The van der Waals surface area contributed by atoms with Gasteiger partial charge >= 0.3 is 0 Å². The molecule has 0 radical (unpaired) electrons. The van der Waals surface area contributed by atoms with Crippen molar-refractivity contribution in [1.82, 2.24) is 10.2 Å². The normalized spacial score (nSPS) is 19.3. The number of nitrogens with zero attached hydrogens (tertiary/aromatic N) is 1. The van der Waals surface area contributed by atoms with Gasteiger partial charge in [-0.2, -0.15) is 0 Å². The largest absolute Gasteiger partial charge is 0.497 e. The SMILES string of the molecule is COc1cccc(CCc2ccccc2OCC(O)CN2CCC(C3CCNCC3)CC2)c1. The molecule has 0 amide bonds. The monoisotopic (exact) mass is 452 g/mol. The molecule has 33 heavy (non-hydrogen) atoms. The van der Waals surface area contributed by atoms with E-state index in [4.69, 9.17) is 9.47 Å². The summed E-state index contributed by atoms with van der Waals surface area (Å²) in [5.41, 5.74) is 2.42. The van der Waals surface area contributed by atoms with Crippen LogP contribution in [0, 0.1) is 11.8 Å². The average molecular weight is 453 g/mol. The van der Waals surface area contributed by atoms with Crippen molar-refractivity contribution in [2.24, 2.45) is 11.8 Å². The maximum Gasteiger partial charge on any atom is 0.122 e.